The summed E-state index contributed by atoms with van der Waals surface area (Å²) >= 11 is 0. The number of benzene rings is 1. The van der Waals surface area contributed by atoms with E-state index in [1.165, 1.54) is 11.1 Å². The Morgan fingerprint density at radius 2 is 1.87 bits per heavy atom. The fourth-order valence-corrected chi connectivity index (χ4v) is 1.52. The van der Waals surface area contributed by atoms with Gasteiger partial charge in [0.15, 0.2) is 0 Å². The Labute approximate surface area is 91.7 Å². The average Bonchev–Trinajstić information content (AvgIpc) is 2.27. The van der Waals surface area contributed by atoms with Crippen molar-refractivity contribution in [2.24, 2.45) is 0 Å². The maximum Gasteiger partial charge on any atom is 0.220 e. The van der Waals surface area contributed by atoms with Crippen molar-refractivity contribution in [2.75, 3.05) is 0 Å². The van der Waals surface area contributed by atoms with Gasteiger partial charge < -0.3 is 5.32 Å². The van der Waals surface area contributed by atoms with Gasteiger partial charge in [0, 0.05) is 6.42 Å². The molecule has 0 saturated carbocycles. The highest BCUT2D eigenvalue weighted by molar-refractivity contribution is 5.76. The molecule has 82 valence electrons. The van der Waals surface area contributed by atoms with E-state index in [-0.39, 0.29) is 11.9 Å². The summed E-state index contributed by atoms with van der Waals surface area (Å²) in [5.41, 5.74) is 2.43. The lowest BCUT2D eigenvalue weighted by Gasteiger charge is -2.17. The van der Waals surface area contributed by atoms with Gasteiger partial charge >= 0.3 is 0 Å². The summed E-state index contributed by atoms with van der Waals surface area (Å²) in [5.74, 6) is 0.113. The number of nitrogens with one attached hydrogen (secondary N) is 1. The Kier molecular flexibility index (Phi) is 4.35. The molecule has 1 amide bonds. The van der Waals surface area contributed by atoms with Crippen LogP contribution < -0.4 is 5.32 Å². The second-order valence-corrected chi connectivity index (χ2v) is 3.79. The molecular weight excluding hydrogens is 186 g/mol. The molecule has 1 aromatic carbocycles. The van der Waals surface area contributed by atoms with Crippen molar-refractivity contribution in [3.8, 4) is 0 Å². The van der Waals surface area contributed by atoms with Crippen LogP contribution in [-0.4, -0.2) is 5.91 Å². The predicted molar refractivity (Wildman–Crippen MR) is 62.6 cm³/mol. The smallest absolute Gasteiger partial charge is 0.220 e. The minimum absolute atomic E-state index is 0.113. The molecule has 15 heavy (non-hydrogen) atoms. The fourth-order valence-electron chi connectivity index (χ4n) is 1.52. The maximum absolute atomic E-state index is 11.3. The minimum Gasteiger partial charge on any atom is -0.349 e. The Morgan fingerprint density at radius 3 is 2.33 bits per heavy atom. The minimum atomic E-state index is 0.113. The van der Waals surface area contributed by atoms with Crippen molar-refractivity contribution in [1.82, 2.24) is 5.32 Å². The molecular formula is C13H19NO. The van der Waals surface area contributed by atoms with Crippen molar-refractivity contribution in [1.29, 1.82) is 0 Å². The van der Waals surface area contributed by atoms with E-state index in [4.69, 9.17) is 0 Å². The number of aryl methyl sites for hydroxylation is 1. The van der Waals surface area contributed by atoms with Crippen LogP contribution >= 0.6 is 0 Å². The monoisotopic (exact) mass is 205 g/mol. The molecule has 0 saturated heterocycles. The Hall–Kier alpha value is -1.31. The van der Waals surface area contributed by atoms with E-state index < -0.39 is 0 Å². The predicted octanol–water partition coefficient (Wildman–Crippen LogP) is 2.97. The van der Waals surface area contributed by atoms with Gasteiger partial charge in [-0.25, -0.2) is 0 Å². The molecule has 2 heteroatoms. The lowest BCUT2D eigenvalue weighted by atomic mass is 10.0. The molecule has 0 unspecified atom stereocenters. The molecule has 1 N–H and O–H groups in total. The topological polar surface area (TPSA) is 29.1 Å². The van der Waals surface area contributed by atoms with Gasteiger partial charge in [0.25, 0.3) is 0 Å². The van der Waals surface area contributed by atoms with Crippen LogP contribution in [0.15, 0.2) is 24.3 Å². The Balaban J connectivity index is 2.74. The Morgan fingerprint density at radius 1 is 1.27 bits per heavy atom. The van der Waals surface area contributed by atoms with Crippen LogP contribution in [0.3, 0.4) is 0 Å². The number of rotatable bonds is 4. The van der Waals surface area contributed by atoms with Crippen molar-refractivity contribution < 1.29 is 4.79 Å². The van der Waals surface area contributed by atoms with E-state index in [0.717, 1.165) is 6.42 Å². The number of hydrogen-bond acceptors (Lipinski definition) is 1. The number of carbonyl (C=O) groups is 1. The second-order valence-electron chi connectivity index (χ2n) is 3.79. The molecule has 0 bridgehead atoms. The first-order chi connectivity index (χ1) is 7.17. The van der Waals surface area contributed by atoms with E-state index in [1.54, 1.807) is 0 Å². The third-order valence-electron chi connectivity index (χ3n) is 2.54. The molecule has 0 fully saturated rings. The summed E-state index contributed by atoms with van der Waals surface area (Å²) in [6, 6.07) is 8.48. The summed E-state index contributed by atoms with van der Waals surface area (Å²) in [4.78, 5) is 11.3. The zero-order valence-corrected chi connectivity index (χ0v) is 9.71. The normalized spacial score (nSPS) is 12.2. The molecule has 0 aliphatic heterocycles. The average molecular weight is 205 g/mol. The molecule has 1 aromatic rings. The van der Waals surface area contributed by atoms with Gasteiger partial charge in [-0.1, -0.05) is 43.7 Å². The summed E-state index contributed by atoms with van der Waals surface area (Å²) in [5, 5.41) is 3.01. The second kappa shape index (κ2) is 5.54. The van der Waals surface area contributed by atoms with E-state index in [2.05, 4.69) is 43.4 Å². The summed E-state index contributed by atoms with van der Waals surface area (Å²) in [6.45, 7) is 6.02. The van der Waals surface area contributed by atoms with Crippen molar-refractivity contribution >= 4 is 5.91 Å². The van der Waals surface area contributed by atoms with Crippen LogP contribution in [0.2, 0.25) is 0 Å². The van der Waals surface area contributed by atoms with Gasteiger partial charge in [0.1, 0.15) is 0 Å². The molecule has 1 atom stereocenters. The van der Waals surface area contributed by atoms with Gasteiger partial charge in [-0.2, -0.15) is 0 Å². The Bertz CT molecular complexity index is 316. The third-order valence-corrected chi connectivity index (χ3v) is 2.54. The summed E-state index contributed by atoms with van der Waals surface area (Å²) in [7, 11) is 0. The van der Waals surface area contributed by atoms with Crippen molar-refractivity contribution in [2.45, 2.75) is 39.7 Å². The highest BCUT2D eigenvalue weighted by Gasteiger charge is 2.10. The van der Waals surface area contributed by atoms with Crippen LogP contribution in [0.4, 0.5) is 0 Å². The van der Waals surface area contributed by atoms with E-state index in [0.29, 0.717) is 6.42 Å². The van der Waals surface area contributed by atoms with Crippen LogP contribution in [0, 0.1) is 6.92 Å². The van der Waals surface area contributed by atoms with Gasteiger partial charge in [-0.3, -0.25) is 4.79 Å². The zero-order valence-electron chi connectivity index (χ0n) is 9.71. The largest absolute Gasteiger partial charge is 0.349 e. The van der Waals surface area contributed by atoms with Crippen molar-refractivity contribution in [3.63, 3.8) is 0 Å². The summed E-state index contributed by atoms with van der Waals surface area (Å²) < 4.78 is 0. The van der Waals surface area contributed by atoms with Crippen LogP contribution in [0.25, 0.3) is 0 Å². The first-order valence-corrected chi connectivity index (χ1v) is 5.53. The first kappa shape index (κ1) is 11.8. The highest BCUT2D eigenvalue weighted by atomic mass is 16.1. The van der Waals surface area contributed by atoms with Gasteiger partial charge in [0.05, 0.1) is 6.04 Å². The molecule has 2 nitrogen and oxygen atoms in total. The van der Waals surface area contributed by atoms with Gasteiger partial charge in [0.2, 0.25) is 5.91 Å². The van der Waals surface area contributed by atoms with Crippen LogP contribution in [0.5, 0.6) is 0 Å². The molecule has 1 rings (SSSR count). The lowest BCUT2D eigenvalue weighted by molar-refractivity contribution is -0.121. The third kappa shape index (κ3) is 3.39. The molecule has 0 radical (unpaired) electrons. The highest BCUT2D eigenvalue weighted by Crippen LogP contribution is 2.17. The molecule has 0 aromatic heterocycles. The van der Waals surface area contributed by atoms with Crippen molar-refractivity contribution in [3.05, 3.63) is 35.4 Å². The molecule has 0 aliphatic rings. The fraction of sp³-hybridized carbons (Fsp3) is 0.462. The van der Waals surface area contributed by atoms with Crippen LogP contribution in [-0.2, 0) is 4.79 Å². The molecule has 0 heterocycles. The zero-order chi connectivity index (χ0) is 11.3. The lowest BCUT2D eigenvalue weighted by Crippen LogP contribution is -2.27. The van der Waals surface area contributed by atoms with Gasteiger partial charge in [-0.05, 0) is 18.9 Å². The number of amides is 1. The molecule has 0 aliphatic carbocycles. The van der Waals surface area contributed by atoms with E-state index >= 15 is 0 Å². The maximum atomic E-state index is 11.3. The number of hydrogen-bond donors (Lipinski definition) is 1. The quantitative estimate of drug-likeness (QED) is 0.804. The summed E-state index contributed by atoms with van der Waals surface area (Å²) in [6.07, 6.45) is 1.47. The number of carbonyl (C=O) groups excluding carboxylic acids is 1. The standard InChI is InChI=1S/C13H19NO/c1-4-12(14-13(15)5-2)11-8-6-10(3)7-9-11/h6-9,12H,4-5H2,1-3H3,(H,14,15)/t12-/m1/s1. The van der Waals surface area contributed by atoms with E-state index in [1.807, 2.05) is 6.92 Å². The van der Waals surface area contributed by atoms with Crippen LogP contribution in [0.1, 0.15) is 43.9 Å². The molecule has 0 spiro atoms. The van der Waals surface area contributed by atoms with E-state index in [9.17, 15) is 4.79 Å². The SMILES string of the molecule is CCC(=O)N[C@H](CC)c1ccc(C)cc1. The van der Waals surface area contributed by atoms with Gasteiger partial charge in [-0.15, -0.1) is 0 Å². The first-order valence-electron chi connectivity index (χ1n) is 5.53.